The predicted octanol–water partition coefficient (Wildman–Crippen LogP) is 0.782. The monoisotopic (exact) mass is 234 g/mol. The molecule has 0 aromatic heterocycles. The molecule has 4 nitrogen and oxygen atoms in total. The Bertz CT molecular complexity index is 267. The highest BCUT2D eigenvalue weighted by Crippen LogP contribution is 2.29. The molecule has 0 bridgehead atoms. The first kappa shape index (κ1) is 9.28. The summed E-state index contributed by atoms with van der Waals surface area (Å²) in [6, 6.07) is 0. The third-order valence-corrected chi connectivity index (χ3v) is 2.18. The van der Waals surface area contributed by atoms with E-state index in [1.807, 2.05) is 0 Å². The lowest BCUT2D eigenvalue weighted by atomic mass is 10.0. The van der Waals surface area contributed by atoms with Crippen molar-refractivity contribution in [2.45, 2.75) is 4.51 Å². The van der Waals surface area contributed by atoms with E-state index in [-0.39, 0.29) is 0 Å². The number of halogens is 1. The second kappa shape index (κ2) is 2.91. The molecule has 1 aliphatic carbocycles. The van der Waals surface area contributed by atoms with Gasteiger partial charge in [0.25, 0.3) is 0 Å². The molecule has 0 fully saturated rings. The lowest BCUT2D eigenvalue weighted by Gasteiger charge is -2.21. The molecule has 12 heavy (non-hydrogen) atoms. The standard InChI is InChI=1S/C7H7BrO4/c8-7(12)2-1-4(6(10)11)3-5(7)9/h1-4,9,12H,(H,10,11). The van der Waals surface area contributed by atoms with Crippen molar-refractivity contribution in [3.63, 3.8) is 0 Å². The number of carboxylic acids is 1. The predicted molar refractivity (Wildman–Crippen MR) is 44.9 cm³/mol. The summed E-state index contributed by atoms with van der Waals surface area (Å²) in [6.07, 6.45) is 3.54. The van der Waals surface area contributed by atoms with Crippen molar-refractivity contribution >= 4 is 21.9 Å². The molecule has 0 radical (unpaired) electrons. The smallest absolute Gasteiger partial charge is 0.314 e. The number of carboxylic acid groups (broad SMARTS) is 1. The van der Waals surface area contributed by atoms with Crippen LogP contribution in [0.5, 0.6) is 0 Å². The van der Waals surface area contributed by atoms with Crippen LogP contribution in [0.1, 0.15) is 0 Å². The lowest BCUT2D eigenvalue weighted by Crippen LogP contribution is -2.26. The van der Waals surface area contributed by atoms with Crippen LogP contribution in [0.2, 0.25) is 0 Å². The molecule has 66 valence electrons. The molecular weight excluding hydrogens is 228 g/mol. The zero-order valence-corrected chi connectivity index (χ0v) is 7.52. The minimum Gasteiger partial charge on any atom is -0.508 e. The number of alkyl halides is 1. The molecule has 0 saturated heterocycles. The quantitative estimate of drug-likeness (QED) is 0.463. The SMILES string of the molecule is O=C(O)C1C=CC(O)(Br)C(O)=C1. The first-order chi connectivity index (χ1) is 5.43. The molecule has 5 heteroatoms. The molecule has 0 saturated carbocycles. The van der Waals surface area contributed by atoms with Gasteiger partial charge in [0.15, 0.2) is 4.51 Å². The topological polar surface area (TPSA) is 77.8 Å². The summed E-state index contributed by atoms with van der Waals surface area (Å²) in [4.78, 5) is 10.4. The highest BCUT2D eigenvalue weighted by atomic mass is 79.9. The molecule has 2 atom stereocenters. The zero-order chi connectivity index (χ0) is 9.35. The van der Waals surface area contributed by atoms with E-state index >= 15 is 0 Å². The number of aliphatic carboxylic acids is 1. The van der Waals surface area contributed by atoms with Gasteiger partial charge in [-0.25, -0.2) is 0 Å². The van der Waals surface area contributed by atoms with Crippen LogP contribution in [0.15, 0.2) is 24.0 Å². The minimum absolute atomic E-state index is 0.405. The van der Waals surface area contributed by atoms with Gasteiger partial charge < -0.3 is 15.3 Å². The zero-order valence-electron chi connectivity index (χ0n) is 5.94. The number of rotatable bonds is 1. The van der Waals surface area contributed by atoms with Gasteiger partial charge in [0.2, 0.25) is 0 Å². The highest BCUT2D eigenvalue weighted by Gasteiger charge is 2.30. The van der Waals surface area contributed by atoms with Gasteiger partial charge in [-0.05, 0) is 28.1 Å². The van der Waals surface area contributed by atoms with Gasteiger partial charge in [-0.15, -0.1) is 0 Å². The van der Waals surface area contributed by atoms with E-state index in [4.69, 9.17) is 10.2 Å². The molecule has 0 aliphatic heterocycles. The van der Waals surface area contributed by atoms with Crippen molar-refractivity contribution in [2.24, 2.45) is 5.92 Å². The van der Waals surface area contributed by atoms with Crippen molar-refractivity contribution in [1.29, 1.82) is 0 Å². The molecule has 2 unspecified atom stereocenters. The van der Waals surface area contributed by atoms with Crippen LogP contribution in [0, 0.1) is 5.92 Å². The average Bonchev–Trinajstić information content (AvgIpc) is 1.94. The molecule has 0 aromatic carbocycles. The fourth-order valence-corrected chi connectivity index (χ4v) is 1.10. The Balaban J connectivity index is 2.90. The number of aliphatic hydroxyl groups excluding tert-OH is 1. The molecular formula is C7H7BrO4. The van der Waals surface area contributed by atoms with Crippen molar-refractivity contribution in [3.05, 3.63) is 24.0 Å². The van der Waals surface area contributed by atoms with Gasteiger partial charge in [-0.2, -0.15) is 0 Å². The normalized spacial score (nSPS) is 34.5. The van der Waals surface area contributed by atoms with Crippen LogP contribution in [0.4, 0.5) is 0 Å². The van der Waals surface area contributed by atoms with Crippen molar-refractivity contribution in [1.82, 2.24) is 0 Å². The Morgan fingerprint density at radius 3 is 2.67 bits per heavy atom. The summed E-state index contributed by atoms with van der Waals surface area (Å²) in [5, 5.41) is 26.9. The Hall–Kier alpha value is -0.810. The molecule has 1 rings (SSSR count). The fourth-order valence-electron chi connectivity index (χ4n) is 0.813. The summed E-state index contributed by atoms with van der Waals surface area (Å²) < 4.78 is -1.61. The summed E-state index contributed by atoms with van der Waals surface area (Å²) >= 11 is 2.79. The Labute approximate surface area is 77.0 Å². The number of carbonyl (C=O) groups is 1. The van der Waals surface area contributed by atoms with E-state index in [1.54, 1.807) is 0 Å². The summed E-state index contributed by atoms with van der Waals surface area (Å²) in [6.45, 7) is 0. The van der Waals surface area contributed by atoms with E-state index in [1.165, 1.54) is 12.2 Å². The second-order valence-corrected chi connectivity index (χ2v) is 3.66. The second-order valence-electron chi connectivity index (χ2n) is 2.45. The maximum atomic E-state index is 10.4. The third kappa shape index (κ3) is 1.67. The van der Waals surface area contributed by atoms with Crippen LogP contribution in [0.25, 0.3) is 0 Å². The van der Waals surface area contributed by atoms with Gasteiger partial charge >= 0.3 is 5.97 Å². The van der Waals surface area contributed by atoms with Crippen LogP contribution < -0.4 is 0 Å². The summed E-state index contributed by atoms with van der Waals surface area (Å²) in [5.41, 5.74) is 0. The molecule has 3 N–H and O–H groups in total. The van der Waals surface area contributed by atoms with E-state index in [9.17, 15) is 9.90 Å². The van der Waals surface area contributed by atoms with Gasteiger partial charge in [-0.1, -0.05) is 6.08 Å². The number of aliphatic hydroxyl groups is 2. The number of hydrogen-bond acceptors (Lipinski definition) is 3. The Morgan fingerprint density at radius 2 is 2.25 bits per heavy atom. The largest absolute Gasteiger partial charge is 0.508 e. The van der Waals surface area contributed by atoms with E-state index in [0.717, 1.165) is 6.08 Å². The van der Waals surface area contributed by atoms with E-state index in [2.05, 4.69) is 15.9 Å². The van der Waals surface area contributed by atoms with Crippen molar-refractivity contribution < 1.29 is 20.1 Å². The average molecular weight is 235 g/mol. The van der Waals surface area contributed by atoms with Crippen LogP contribution in [-0.4, -0.2) is 25.8 Å². The van der Waals surface area contributed by atoms with E-state index in [0.29, 0.717) is 0 Å². The third-order valence-electron chi connectivity index (χ3n) is 1.51. The Morgan fingerprint density at radius 1 is 1.67 bits per heavy atom. The van der Waals surface area contributed by atoms with Crippen molar-refractivity contribution in [3.8, 4) is 0 Å². The Kier molecular flexibility index (Phi) is 2.25. The first-order valence-corrected chi connectivity index (χ1v) is 3.97. The van der Waals surface area contributed by atoms with Gasteiger partial charge in [0.1, 0.15) is 5.76 Å². The lowest BCUT2D eigenvalue weighted by molar-refractivity contribution is -0.138. The highest BCUT2D eigenvalue weighted by molar-refractivity contribution is 9.10. The maximum Gasteiger partial charge on any atom is 0.314 e. The van der Waals surface area contributed by atoms with Gasteiger partial charge in [0.05, 0.1) is 5.92 Å². The summed E-state index contributed by atoms with van der Waals surface area (Å²) in [7, 11) is 0. The molecule has 1 aliphatic rings. The summed E-state index contributed by atoms with van der Waals surface area (Å²) in [5.74, 6) is -2.35. The molecule has 0 aromatic rings. The number of hydrogen-bond donors (Lipinski definition) is 3. The molecule has 0 spiro atoms. The maximum absolute atomic E-state index is 10.4. The van der Waals surface area contributed by atoms with Gasteiger partial charge in [-0.3, -0.25) is 4.79 Å². The van der Waals surface area contributed by atoms with E-state index < -0.39 is 22.2 Å². The first-order valence-electron chi connectivity index (χ1n) is 3.18. The van der Waals surface area contributed by atoms with Crippen LogP contribution in [-0.2, 0) is 4.79 Å². The molecule has 0 amide bonds. The molecule has 0 heterocycles. The fraction of sp³-hybridized carbons (Fsp3) is 0.286. The van der Waals surface area contributed by atoms with Crippen molar-refractivity contribution in [2.75, 3.05) is 0 Å². The van der Waals surface area contributed by atoms with Crippen LogP contribution >= 0.6 is 15.9 Å². The minimum atomic E-state index is -1.61. The van der Waals surface area contributed by atoms with Gasteiger partial charge in [0, 0.05) is 0 Å². The van der Waals surface area contributed by atoms with Crippen LogP contribution in [0.3, 0.4) is 0 Å².